The van der Waals surface area contributed by atoms with E-state index in [1.807, 2.05) is 6.07 Å². The van der Waals surface area contributed by atoms with Crippen molar-refractivity contribution in [1.29, 1.82) is 5.26 Å². The predicted molar refractivity (Wildman–Crippen MR) is 175 cm³/mol. The molecule has 14 nitrogen and oxygen atoms in total. The second-order valence-corrected chi connectivity index (χ2v) is 10.2. The Morgan fingerprint density at radius 1 is 0.854 bits per heavy atom. The van der Waals surface area contributed by atoms with E-state index in [4.69, 9.17) is 43.4 Å². The summed E-state index contributed by atoms with van der Waals surface area (Å²) in [6.07, 6.45) is 2.80. The number of carbonyl (C=O) groups excluding carboxylic acids is 4. The fraction of sp³-hybridized carbons (Fsp3) is 0.0938. The van der Waals surface area contributed by atoms with Gasteiger partial charge in [-0.25, -0.2) is 19.6 Å². The Hall–Kier alpha value is -6.17. The molecular weight excluding hydrogens is 667 g/mol. The summed E-state index contributed by atoms with van der Waals surface area (Å²) >= 11 is 11.5. The summed E-state index contributed by atoms with van der Waals surface area (Å²) in [5.41, 5.74) is 7.15. The fourth-order valence-corrected chi connectivity index (χ4v) is 4.13. The standard InChI is InChI=1S/2C16H12ClN3O4/c1-23-16(22)8-2-4-10-11(6-8)24-14(13(10)18)15(21)20-12-5-3-9(17)7-19-12;1-23-16(22)10-2-3-11(7-18)13(6-10)24-9-15(21)20-14-5-4-12(17)8-19-14/h2-7H,18H2,1H3,(H,19,20,21);2-6,8H,9H2,1H3,(H,19,20,21). The number of anilines is 3. The predicted octanol–water partition coefficient (Wildman–Crippen LogP) is 5.51. The number of carbonyl (C=O) groups is 4. The number of halogens is 2. The van der Waals surface area contributed by atoms with Crippen LogP contribution in [0, 0.1) is 11.3 Å². The van der Waals surface area contributed by atoms with Gasteiger partial charge in [0.25, 0.3) is 11.8 Å². The highest BCUT2D eigenvalue weighted by Crippen LogP contribution is 2.30. The molecule has 5 rings (SSSR count). The van der Waals surface area contributed by atoms with Crippen molar-refractivity contribution in [2.24, 2.45) is 0 Å². The van der Waals surface area contributed by atoms with Gasteiger partial charge in [0.05, 0.1) is 46.6 Å². The van der Waals surface area contributed by atoms with Crippen LogP contribution in [0.3, 0.4) is 0 Å². The molecule has 3 aromatic heterocycles. The van der Waals surface area contributed by atoms with Crippen molar-refractivity contribution >= 4 is 75.2 Å². The first-order valence-electron chi connectivity index (χ1n) is 13.5. The summed E-state index contributed by atoms with van der Waals surface area (Å²) in [5, 5.41) is 15.6. The maximum Gasteiger partial charge on any atom is 0.337 e. The number of hydrogen-bond donors (Lipinski definition) is 3. The minimum atomic E-state index is -0.570. The molecular formula is C32H24Cl2N6O8. The van der Waals surface area contributed by atoms with E-state index in [9.17, 15) is 19.2 Å². The molecule has 2 aromatic carbocycles. The molecule has 0 saturated heterocycles. The van der Waals surface area contributed by atoms with E-state index in [1.165, 1.54) is 50.9 Å². The number of nitriles is 1. The van der Waals surface area contributed by atoms with E-state index in [0.29, 0.717) is 38.2 Å². The van der Waals surface area contributed by atoms with Crippen LogP contribution >= 0.6 is 23.2 Å². The highest BCUT2D eigenvalue weighted by atomic mass is 35.5. The molecule has 0 aliphatic rings. The van der Waals surface area contributed by atoms with Crippen molar-refractivity contribution < 1.29 is 37.8 Å². The Morgan fingerprint density at radius 3 is 2.00 bits per heavy atom. The highest BCUT2D eigenvalue weighted by molar-refractivity contribution is 6.30. The Morgan fingerprint density at radius 2 is 1.44 bits per heavy atom. The third kappa shape index (κ3) is 8.75. The van der Waals surface area contributed by atoms with Crippen molar-refractivity contribution in [2.75, 3.05) is 37.2 Å². The van der Waals surface area contributed by atoms with E-state index < -0.39 is 23.8 Å². The Labute approximate surface area is 282 Å². The van der Waals surface area contributed by atoms with Gasteiger partial charge in [-0.05, 0) is 60.7 Å². The number of esters is 2. The van der Waals surface area contributed by atoms with Gasteiger partial charge < -0.3 is 35.0 Å². The van der Waals surface area contributed by atoms with Crippen LogP contribution in [-0.2, 0) is 14.3 Å². The molecule has 0 saturated carbocycles. The number of aromatic nitrogens is 2. The lowest BCUT2D eigenvalue weighted by Gasteiger charge is -2.09. The SMILES string of the molecule is COC(=O)c1ccc(C#N)c(OCC(=O)Nc2ccc(Cl)cn2)c1.COC(=O)c1ccc2c(N)c(C(=O)Nc3ccc(Cl)cn3)oc2c1. The second-order valence-electron chi connectivity index (χ2n) is 9.38. The van der Waals surface area contributed by atoms with Crippen molar-refractivity contribution in [3.63, 3.8) is 0 Å². The van der Waals surface area contributed by atoms with Crippen LogP contribution in [0.25, 0.3) is 11.0 Å². The number of pyridine rings is 2. The molecule has 0 aliphatic heterocycles. The lowest BCUT2D eigenvalue weighted by Crippen LogP contribution is -2.21. The maximum atomic E-state index is 12.3. The van der Waals surface area contributed by atoms with Crippen molar-refractivity contribution in [1.82, 2.24) is 9.97 Å². The zero-order valence-corrected chi connectivity index (χ0v) is 26.6. The van der Waals surface area contributed by atoms with Gasteiger partial charge in [-0.2, -0.15) is 5.26 Å². The number of nitrogens with zero attached hydrogens (tertiary/aromatic N) is 3. The smallest absolute Gasteiger partial charge is 0.337 e. The topological polar surface area (TPSA) is 209 Å². The first-order valence-corrected chi connectivity index (χ1v) is 14.3. The number of ether oxygens (including phenoxy) is 3. The largest absolute Gasteiger partial charge is 0.482 e. The number of nitrogens with two attached hydrogens (primary N) is 1. The van der Waals surface area contributed by atoms with Gasteiger partial charge in [0.2, 0.25) is 5.76 Å². The first-order chi connectivity index (χ1) is 23.0. The molecule has 5 aromatic rings. The molecule has 2 amide bonds. The van der Waals surface area contributed by atoms with Gasteiger partial charge in [-0.15, -0.1) is 0 Å². The molecule has 0 aliphatic carbocycles. The number of nitrogens with one attached hydrogen (secondary N) is 2. The zero-order valence-electron chi connectivity index (χ0n) is 25.1. The minimum Gasteiger partial charge on any atom is -0.482 e. The van der Waals surface area contributed by atoms with Gasteiger partial charge in [-0.1, -0.05) is 23.2 Å². The van der Waals surface area contributed by atoms with Crippen LogP contribution < -0.4 is 21.1 Å². The van der Waals surface area contributed by atoms with E-state index in [2.05, 4.69) is 30.1 Å². The van der Waals surface area contributed by atoms with Crippen LogP contribution in [0.4, 0.5) is 17.3 Å². The van der Waals surface area contributed by atoms with E-state index in [-0.39, 0.29) is 34.9 Å². The third-order valence-corrected chi connectivity index (χ3v) is 6.65. The normalized spacial score (nSPS) is 10.1. The van der Waals surface area contributed by atoms with Crippen LogP contribution in [0.15, 0.2) is 77.5 Å². The number of methoxy groups -OCH3 is 2. The molecule has 4 N–H and O–H groups in total. The van der Waals surface area contributed by atoms with E-state index in [1.54, 1.807) is 36.4 Å². The summed E-state index contributed by atoms with van der Waals surface area (Å²) in [4.78, 5) is 55.1. The Bertz CT molecular complexity index is 2030. The number of rotatable bonds is 8. The van der Waals surface area contributed by atoms with Crippen molar-refractivity contribution in [3.8, 4) is 11.8 Å². The van der Waals surface area contributed by atoms with Gasteiger partial charge in [0.15, 0.2) is 6.61 Å². The van der Waals surface area contributed by atoms with Crippen LogP contribution in [0.1, 0.15) is 36.8 Å². The van der Waals surface area contributed by atoms with Crippen LogP contribution in [0.2, 0.25) is 10.0 Å². The summed E-state index contributed by atoms with van der Waals surface area (Å²) in [7, 11) is 2.52. The van der Waals surface area contributed by atoms with Gasteiger partial charge in [0, 0.05) is 17.8 Å². The average Bonchev–Trinajstić information content (AvgIpc) is 3.44. The number of furan rings is 1. The molecule has 0 atom stereocenters. The lowest BCUT2D eigenvalue weighted by atomic mass is 10.1. The highest BCUT2D eigenvalue weighted by Gasteiger charge is 2.20. The second kappa shape index (κ2) is 15.9. The quantitative estimate of drug-likeness (QED) is 0.172. The fourth-order valence-electron chi connectivity index (χ4n) is 3.90. The van der Waals surface area contributed by atoms with E-state index >= 15 is 0 Å². The Kier molecular flexibility index (Phi) is 11.5. The van der Waals surface area contributed by atoms with Gasteiger partial charge >= 0.3 is 11.9 Å². The summed E-state index contributed by atoms with van der Waals surface area (Å²) in [6, 6.07) is 17.0. The molecule has 0 radical (unpaired) electrons. The maximum absolute atomic E-state index is 12.3. The minimum absolute atomic E-state index is 0.0660. The number of nitrogen functional groups attached to an aromatic ring is 1. The van der Waals surface area contributed by atoms with Crippen LogP contribution in [-0.4, -0.2) is 54.5 Å². The molecule has 244 valence electrons. The molecule has 3 heterocycles. The number of fused-ring (bicyclic) bond motifs is 1. The van der Waals surface area contributed by atoms with Gasteiger partial charge in [0.1, 0.15) is 29.0 Å². The monoisotopic (exact) mass is 690 g/mol. The van der Waals surface area contributed by atoms with E-state index in [0.717, 1.165) is 0 Å². The zero-order chi connectivity index (χ0) is 34.8. The molecule has 48 heavy (non-hydrogen) atoms. The lowest BCUT2D eigenvalue weighted by molar-refractivity contribution is -0.118. The van der Waals surface area contributed by atoms with Gasteiger partial charge in [-0.3, -0.25) is 9.59 Å². The van der Waals surface area contributed by atoms with Crippen molar-refractivity contribution in [2.45, 2.75) is 0 Å². The molecule has 0 unspecified atom stereocenters. The van der Waals surface area contributed by atoms with Crippen molar-refractivity contribution in [3.05, 3.63) is 106 Å². The molecule has 0 fully saturated rings. The van der Waals surface area contributed by atoms with Crippen LogP contribution in [0.5, 0.6) is 5.75 Å². The number of hydrogen-bond acceptors (Lipinski definition) is 12. The summed E-state index contributed by atoms with van der Waals surface area (Å²) < 4.78 is 20.1. The third-order valence-electron chi connectivity index (χ3n) is 6.20. The number of benzene rings is 2. The Balaban J connectivity index is 0.000000217. The number of amides is 2. The molecule has 16 heteroatoms. The molecule has 0 spiro atoms. The average molecular weight is 691 g/mol. The summed E-state index contributed by atoms with van der Waals surface area (Å²) in [6.45, 7) is -0.358. The first kappa shape index (κ1) is 34.7. The molecule has 0 bridgehead atoms. The summed E-state index contributed by atoms with van der Waals surface area (Å²) in [5.74, 6) is -1.45.